The molecule has 90 valence electrons. The highest BCUT2D eigenvalue weighted by atomic mass is 79.9. The highest BCUT2D eigenvalue weighted by molar-refractivity contribution is 9.10. The van der Waals surface area contributed by atoms with E-state index in [1.807, 2.05) is 17.7 Å². The summed E-state index contributed by atoms with van der Waals surface area (Å²) in [6.07, 6.45) is 6.22. The zero-order chi connectivity index (χ0) is 12.4. The zero-order valence-corrected chi connectivity index (χ0v) is 11.5. The van der Waals surface area contributed by atoms with Gasteiger partial charge in [-0.25, -0.2) is 15.0 Å². The van der Waals surface area contributed by atoms with Crippen LogP contribution < -0.4 is 5.73 Å². The van der Waals surface area contributed by atoms with Crippen molar-refractivity contribution in [3.63, 3.8) is 0 Å². The van der Waals surface area contributed by atoms with Crippen LogP contribution in [0.1, 0.15) is 31.4 Å². The molecule has 0 unspecified atom stereocenters. The summed E-state index contributed by atoms with van der Waals surface area (Å²) in [5.41, 5.74) is 5.11. The molecule has 0 aliphatic heterocycles. The molecule has 0 saturated carbocycles. The van der Waals surface area contributed by atoms with Crippen LogP contribution in [0.25, 0.3) is 5.95 Å². The van der Waals surface area contributed by atoms with Gasteiger partial charge in [0.2, 0.25) is 5.95 Å². The van der Waals surface area contributed by atoms with Gasteiger partial charge in [0.1, 0.15) is 6.04 Å². The number of quaternary nitrogens is 1. The molecule has 5 nitrogen and oxygen atoms in total. The second-order valence-corrected chi connectivity index (χ2v) is 4.81. The molecule has 0 radical (unpaired) electrons. The molecule has 2 heterocycles. The quantitative estimate of drug-likeness (QED) is 0.928. The third-order valence-electron chi connectivity index (χ3n) is 2.47. The number of hydrogen-bond donors (Lipinski definition) is 1. The van der Waals surface area contributed by atoms with Gasteiger partial charge in [-0.1, -0.05) is 6.92 Å². The van der Waals surface area contributed by atoms with Crippen molar-refractivity contribution in [1.82, 2.24) is 19.5 Å². The van der Waals surface area contributed by atoms with Crippen molar-refractivity contribution in [3.05, 3.63) is 34.6 Å². The predicted octanol–water partition coefficient (Wildman–Crippen LogP) is 1.29. The highest BCUT2D eigenvalue weighted by Gasteiger charge is 2.17. The number of rotatable bonds is 3. The molecule has 0 amide bonds. The van der Waals surface area contributed by atoms with Gasteiger partial charge in [0, 0.05) is 24.3 Å². The lowest BCUT2D eigenvalue weighted by Gasteiger charge is -2.09. The Morgan fingerprint density at radius 1 is 1.29 bits per heavy atom. The van der Waals surface area contributed by atoms with Gasteiger partial charge in [-0.15, -0.1) is 0 Å². The first-order valence-electron chi connectivity index (χ1n) is 5.51. The molecule has 0 saturated heterocycles. The summed E-state index contributed by atoms with van der Waals surface area (Å²) in [7, 11) is 0. The maximum Gasteiger partial charge on any atom is 0.235 e. The molecule has 0 spiro atoms. The summed E-state index contributed by atoms with van der Waals surface area (Å²) < 4.78 is 2.84. The van der Waals surface area contributed by atoms with Crippen LogP contribution in [0.4, 0.5) is 0 Å². The summed E-state index contributed by atoms with van der Waals surface area (Å²) in [6.45, 7) is 4.10. The Morgan fingerprint density at radius 2 is 1.94 bits per heavy atom. The smallest absolute Gasteiger partial charge is 0.235 e. The van der Waals surface area contributed by atoms with Crippen molar-refractivity contribution < 1.29 is 5.73 Å². The topological polar surface area (TPSA) is 71.2 Å². The molecule has 6 heteroatoms. The first-order valence-corrected chi connectivity index (χ1v) is 6.30. The van der Waals surface area contributed by atoms with Gasteiger partial charge < -0.3 is 5.73 Å². The van der Waals surface area contributed by atoms with Gasteiger partial charge in [-0.3, -0.25) is 4.57 Å². The predicted molar refractivity (Wildman–Crippen MR) is 67.5 cm³/mol. The van der Waals surface area contributed by atoms with Crippen molar-refractivity contribution in [3.8, 4) is 5.95 Å². The third-order valence-corrected chi connectivity index (χ3v) is 2.88. The van der Waals surface area contributed by atoms with Crippen LogP contribution in [0.3, 0.4) is 0 Å². The number of hydrogen-bond acceptors (Lipinski definition) is 3. The van der Waals surface area contributed by atoms with E-state index in [0.717, 1.165) is 22.4 Å². The Kier molecular flexibility index (Phi) is 3.54. The Labute approximate surface area is 108 Å². The van der Waals surface area contributed by atoms with E-state index in [4.69, 9.17) is 0 Å². The van der Waals surface area contributed by atoms with E-state index in [-0.39, 0.29) is 6.04 Å². The molecule has 2 aromatic heterocycles. The normalized spacial score (nSPS) is 12.7. The van der Waals surface area contributed by atoms with Gasteiger partial charge in [0.05, 0.1) is 4.47 Å². The molecular weight excluding hydrogens is 282 g/mol. The van der Waals surface area contributed by atoms with E-state index in [1.54, 1.807) is 12.4 Å². The molecule has 1 atom stereocenters. The number of aryl methyl sites for hydroxylation is 1. The summed E-state index contributed by atoms with van der Waals surface area (Å²) in [6, 6.07) is 0.0996. The molecule has 0 fully saturated rings. The second-order valence-electron chi connectivity index (χ2n) is 3.90. The SMILES string of the molecule is CCc1cnc([C@H](C)[NH3+])n1-c1ncc(Br)cn1. The van der Waals surface area contributed by atoms with Crippen molar-refractivity contribution in [2.75, 3.05) is 0 Å². The van der Waals surface area contributed by atoms with Gasteiger partial charge in [-0.05, 0) is 29.3 Å². The molecule has 0 aliphatic rings. The Morgan fingerprint density at radius 3 is 2.47 bits per heavy atom. The summed E-state index contributed by atoms with van der Waals surface area (Å²) in [5, 5.41) is 0. The summed E-state index contributed by atoms with van der Waals surface area (Å²) >= 11 is 3.33. The van der Waals surface area contributed by atoms with Crippen molar-refractivity contribution in [2.24, 2.45) is 0 Å². The minimum Gasteiger partial charge on any atom is -0.349 e. The maximum absolute atomic E-state index is 4.39. The highest BCUT2D eigenvalue weighted by Crippen LogP contribution is 2.16. The molecule has 0 aromatic carbocycles. The molecule has 0 aliphatic carbocycles. The lowest BCUT2D eigenvalue weighted by Crippen LogP contribution is -2.52. The van der Waals surface area contributed by atoms with Crippen molar-refractivity contribution >= 4 is 15.9 Å². The van der Waals surface area contributed by atoms with Crippen LogP contribution in [-0.4, -0.2) is 19.5 Å². The monoisotopic (exact) mass is 296 g/mol. The van der Waals surface area contributed by atoms with E-state index < -0.39 is 0 Å². The van der Waals surface area contributed by atoms with Crippen LogP contribution in [0, 0.1) is 0 Å². The average molecular weight is 297 g/mol. The van der Waals surface area contributed by atoms with Crippen molar-refractivity contribution in [2.45, 2.75) is 26.3 Å². The van der Waals surface area contributed by atoms with Crippen LogP contribution >= 0.6 is 15.9 Å². The minimum absolute atomic E-state index is 0.0996. The van der Waals surface area contributed by atoms with Gasteiger partial charge >= 0.3 is 0 Å². The lowest BCUT2D eigenvalue weighted by molar-refractivity contribution is -0.422. The summed E-state index contributed by atoms with van der Waals surface area (Å²) in [4.78, 5) is 13.0. The van der Waals surface area contributed by atoms with Crippen molar-refractivity contribution in [1.29, 1.82) is 0 Å². The molecule has 2 aromatic rings. The Bertz CT molecular complexity index is 503. The minimum atomic E-state index is 0.0996. The third kappa shape index (κ3) is 2.37. The van der Waals surface area contributed by atoms with Crippen LogP contribution in [0.5, 0.6) is 0 Å². The first-order chi connectivity index (χ1) is 8.13. The lowest BCUT2D eigenvalue weighted by atomic mass is 10.3. The fourth-order valence-electron chi connectivity index (χ4n) is 1.65. The zero-order valence-electron chi connectivity index (χ0n) is 9.89. The summed E-state index contributed by atoms with van der Waals surface area (Å²) in [5.74, 6) is 1.54. The molecule has 17 heavy (non-hydrogen) atoms. The van der Waals surface area contributed by atoms with Gasteiger partial charge in [-0.2, -0.15) is 0 Å². The van der Waals surface area contributed by atoms with Gasteiger partial charge in [0.25, 0.3) is 0 Å². The van der Waals surface area contributed by atoms with E-state index in [0.29, 0.717) is 5.95 Å². The number of nitrogens with zero attached hydrogens (tertiary/aromatic N) is 4. The van der Waals surface area contributed by atoms with Crippen LogP contribution in [0.15, 0.2) is 23.1 Å². The Hall–Kier alpha value is -1.27. The van der Waals surface area contributed by atoms with E-state index in [2.05, 4.69) is 43.5 Å². The van der Waals surface area contributed by atoms with Gasteiger partial charge in [0.15, 0.2) is 5.82 Å². The maximum atomic E-state index is 4.39. The number of aromatic nitrogens is 4. The average Bonchev–Trinajstić information content (AvgIpc) is 2.73. The largest absolute Gasteiger partial charge is 0.349 e. The number of imidazole rings is 1. The fourth-order valence-corrected chi connectivity index (χ4v) is 1.86. The standard InChI is InChI=1S/C11H14BrN5/c1-3-9-6-14-10(7(2)13)17(9)11-15-4-8(12)5-16-11/h4-7H,3,13H2,1-2H3/p+1/t7-/m0/s1. The molecular formula is C11H15BrN5+. The Balaban J connectivity index is 2.55. The van der Waals surface area contributed by atoms with E-state index in [1.165, 1.54) is 0 Å². The molecule has 0 bridgehead atoms. The second kappa shape index (κ2) is 4.93. The van der Waals surface area contributed by atoms with Crippen LogP contribution in [0.2, 0.25) is 0 Å². The fraction of sp³-hybridized carbons (Fsp3) is 0.364. The van der Waals surface area contributed by atoms with E-state index in [9.17, 15) is 0 Å². The molecule has 3 N–H and O–H groups in total. The van der Waals surface area contributed by atoms with E-state index >= 15 is 0 Å². The number of halogens is 1. The molecule has 2 rings (SSSR count). The first kappa shape index (κ1) is 12.2. The van der Waals surface area contributed by atoms with Crippen LogP contribution in [-0.2, 0) is 6.42 Å².